The van der Waals surface area contributed by atoms with E-state index in [-0.39, 0.29) is 0 Å². The standard InChI is InChI=1S/C24H35N3.C2H2O4/c1-2-4-20(5-3-1)18-25-10-8-24(9-11-25)27-14-12-26(13-15-27)19-23-17-21-6-7-22(23)16-21;3-1(4)2(5)6/h1-7,21-24H,8-19H2;(H,3,4)(H,5,6). The summed E-state index contributed by atoms with van der Waals surface area (Å²) in [7, 11) is 0. The number of benzene rings is 1. The average Bonchev–Trinajstić information content (AvgIpc) is 3.45. The molecule has 2 N–H and O–H groups in total. The number of carbonyl (C=O) groups is 2. The molecule has 0 amide bonds. The first kappa shape index (κ1) is 23.9. The fraction of sp³-hybridized carbons (Fsp3) is 0.615. The van der Waals surface area contributed by atoms with E-state index in [1.165, 1.54) is 77.1 Å². The van der Waals surface area contributed by atoms with Crippen molar-refractivity contribution in [3.8, 4) is 0 Å². The van der Waals surface area contributed by atoms with Gasteiger partial charge in [0.1, 0.15) is 0 Å². The number of piperidine rings is 1. The third-order valence-electron chi connectivity index (χ3n) is 7.82. The van der Waals surface area contributed by atoms with Crippen molar-refractivity contribution in [3.05, 3.63) is 48.0 Å². The Morgan fingerprint density at radius 1 is 0.818 bits per heavy atom. The SMILES string of the molecule is C1=CC2CC1CC2CN1CCN(C2CCN(Cc3ccccc3)CC2)CC1.O=C(O)C(=O)O. The lowest BCUT2D eigenvalue weighted by Gasteiger charge is -2.43. The fourth-order valence-electron chi connectivity index (χ4n) is 6.03. The predicted molar refractivity (Wildman–Crippen MR) is 127 cm³/mol. The molecule has 3 atom stereocenters. The second-order valence-electron chi connectivity index (χ2n) is 9.98. The molecule has 0 radical (unpaired) electrons. The van der Waals surface area contributed by atoms with Crippen LogP contribution >= 0.6 is 0 Å². The van der Waals surface area contributed by atoms with Gasteiger partial charge in [-0.2, -0.15) is 0 Å². The zero-order valence-electron chi connectivity index (χ0n) is 19.4. The van der Waals surface area contributed by atoms with Crippen LogP contribution in [0.15, 0.2) is 42.5 Å². The molecule has 2 aliphatic heterocycles. The van der Waals surface area contributed by atoms with Crippen molar-refractivity contribution >= 4 is 11.9 Å². The van der Waals surface area contributed by atoms with Crippen LogP contribution in [0.5, 0.6) is 0 Å². The molecule has 3 unspecified atom stereocenters. The molecule has 4 aliphatic rings. The Hall–Kier alpha value is -2.22. The first-order chi connectivity index (χ1) is 16.0. The number of carboxylic acids is 2. The van der Waals surface area contributed by atoms with Crippen molar-refractivity contribution in [2.45, 2.75) is 38.3 Å². The lowest BCUT2D eigenvalue weighted by atomic mass is 9.93. The van der Waals surface area contributed by atoms with Gasteiger partial charge in [0.2, 0.25) is 0 Å². The molecule has 1 aromatic rings. The minimum absolute atomic E-state index is 0.824. The number of piperazine rings is 1. The molecule has 7 nitrogen and oxygen atoms in total. The minimum atomic E-state index is -1.82. The molecule has 7 heteroatoms. The number of likely N-dealkylation sites (tertiary alicyclic amines) is 1. The lowest BCUT2D eigenvalue weighted by Crippen LogP contribution is -2.53. The predicted octanol–water partition coefficient (Wildman–Crippen LogP) is 2.64. The highest BCUT2D eigenvalue weighted by Crippen LogP contribution is 2.43. The molecule has 180 valence electrons. The number of nitrogens with zero attached hydrogens (tertiary/aromatic N) is 3. The summed E-state index contributed by atoms with van der Waals surface area (Å²) in [5.41, 5.74) is 1.46. The molecule has 0 aromatic heterocycles. The highest BCUT2D eigenvalue weighted by atomic mass is 16.4. The van der Waals surface area contributed by atoms with Crippen molar-refractivity contribution in [3.63, 3.8) is 0 Å². The third-order valence-corrected chi connectivity index (χ3v) is 7.82. The van der Waals surface area contributed by atoms with Crippen LogP contribution in [-0.2, 0) is 16.1 Å². The Bertz CT molecular complexity index is 802. The van der Waals surface area contributed by atoms with Crippen LogP contribution in [0, 0.1) is 17.8 Å². The number of hydrogen-bond acceptors (Lipinski definition) is 5. The van der Waals surface area contributed by atoms with E-state index in [2.05, 4.69) is 57.2 Å². The highest BCUT2D eigenvalue weighted by molar-refractivity contribution is 6.27. The van der Waals surface area contributed by atoms with Crippen LogP contribution in [0.2, 0.25) is 0 Å². The number of aliphatic carboxylic acids is 2. The van der Waals surface area contributed by atoms with E-state index >= 15 is 0 Å². The summed E-state index contributed by atoms with van der Waals surface area (Å²) in [6.07, 6.45) is 10.6. The number of hydrogen-bond donors (Lipinski definition) is 2. The van der Waals surface area contributed by atoms with Gasteiger partial charge in [-0.1, -0.05) is 42.5 Å². The summed E-state index contributed by atoms with van der Waals surface area (Å²) in [6, 6.07) is 11.8. The summed E-state index contributed by atoms with van der Waals surface area (Å²) in [5.74, 6) is -0.873. The quantitative estimate of drug-likeness (QED) is 0.522. The van der Waals surface area contributed by atoms with Crippen LogP contribution in [0.4, 0.5) is 0 Å². The Morgan fingerprint density at radius 3 is 2.03 bits per heavy atom. The first-order valence-electron chi connectivity index (χ1n) is 12.3. The topological polar surface area (TPSA) is 84.3 Å². The summed E-state index contributed by atoms with van der Waals surface area (Å²) in [5, 5.41) is 14.8. The maximum atomic E-state index is 9.10. The van der Waals surface area contributed by atoms with Gasteiger partial charge in [0, 0.05) is 45.3 Å². The molecule has 5 rings (SSSR count). The highest BCUT2D eigenvalue weighted by Gasteiger charge is 2.37. The van der Waals surface area contributed by atoms with Crippen LogP contribution in [-0.4, -0.2) is 88.7 Å². The third kappa shape index (κ3) is 6.65. The zero-order chi connectivity index (χ0) is 23.2. The van der Waals surface area contributed by atoms with Gasteiger partial charge >= 0.3 is 11.9 Å². The molecule has 2 aliphatic carbocycles. The largest absolute Gasteiger partial charge is 0.473 e. The molecular formula is C26H37N3O4. The fourth-order valence-corrected chi connectivity index (χ4v) is 6.03. The molecule has 0 spiro atoms. The van der Waals surface area contributed by atoms with Crippen LogP contribution in [0.25, 0.3) is 0 Å². The zero-order valence-corrected chi connectivity index (χ0v) is 19.4. The molecular weight excluding hydrogens is 418 g/mol. The monoisotopic (exact) mass is 455 g/mol. The maximum Gasteiger partial charge on any atom is 0.414 e. The van der Waals surface area contributed by atoms with Crippen LogP contribution < -0.4 is 0 Å². The van der Waals surface area contributed by atoms with Gasteiger partial charge < -0.3 is 15.1 Å². The molecule has 2 saturated heterocycles. The van der Waals surface area contributed by atoms with Crippen LogP contribution in [0.3, 0.4) is 0 Å². The van der Waals surface area contributed by atoms with Gasteiger partial charge in [-0.3, -0.25) is 9.80 Å². The van der Waals surface area contributed by atoms with Gasteiger partial charge in [-0.15, -0.1) is 0 Å². The lowest BCUT2D eigenvalue weighted by molar-refractivity contribution is -0.159. The summed E-state index contributed by atoms with van der Waals surface area (Å²) in [4.78, 5) is 26.4. The number of fused-ring (bicyclic) bond motifs is 2. The Labute approximate surface area is 196 Å². The number of carboxylic acid groups (broad SMARTS) is 2. The van der Waals surface area contributed by atoms with Gasteiger partial charge in [0.05, 0.1) is 0 Å². The first-order valence-corrected chi connectivity index (χ1v) is 12.3. The van der Waals surface area contributed by atoms with Crippen molar-refractivity contribution in [1.82, 2.24) is 14.7 Å². The second-order valence-corrected chi connectivity index (χ2v) is 9.98. The average molecular weight is 456 g/mol. The van der Waals surface area contributed by atoms with Crippen molar-refractivity contribution in [1.29, 1.82) is 0 Å². The summed E-state index contributed by atoms with van der Waals surface area (Å²) in [6.45, 7) is 10.2. The number of allylic oxidation sites excluding steroid dienone is 2. The normalized spacial score (nSPS) is 28.4. The van der Waals surface area contributed by atoms with E-state index in [4.69, 9.17) is 19.8 Å². The maximum absolute atomic E-state index is 9.10. The second kappa shape index (κ2) is 11.3. The molecule has 1 aromatic carbocycles. The van der Waals surface area contributed by atoms with E-state index in [1.54, 1.807) is 0 Å². The Morgan fingerprint density at radius 2 is 1.48 bits per heavy atom. The molecule has 33 heavy (non-hydrogen) atoms. The van der Waals surface area contributed by atoms with Crippen molar-refractivity contribution < 1.29 is 19.8 Å². The Balaban J connectivity index is 0.000000385. The minimum Gasteiger partial charge on any atom is -0.473 e. The van der Waals surface area contributed by atoms with Gasteiger partial charge in [-0.25, -0.2) is 9.59 Å². The smallest absolute Gasteiger partial charge is 0.414 e. The molecule has 2 bridgehead atoms. The van der Waals surface area contributed by atoms with Crippen molar-refractivity contribution in [2.24, 2.45) is 17.8 Å². The van der Waals surface area contributed by atoms with Crippen molar-refractivity contribution in [2.75, 3.05) is 45.8 Å². The molecule has 3 fully saturated rings. The van der Waals surface area contributed by atoms with E-state index in [0.29, 0.717) is 0 Å². The number of rotatable bonds is 5. The van der Waals surface area contributed by atoms with E-state index in [0.717, 1.165) is 30.3 Å². The Kier molecular flexibility index (Phi) is 8.17. The van der Waals surface area contributed by atoms with E-state index < -0.39 is 11.9 Å². The molecule has 2 heterocycles. The van der Waals surface area contributed by atoms with Gasteiger partial charge in [0.25, 0.3) is 0 Å². The van der Waals surface area contributed by atoms with Gasteiger partial charge in [0.15, 0.2) is 0 Å². The van der Waals surface area contributed by atoms with E-state index in [9.17, 15) is 0 Å². The summed E-state index contributed by atoms with van der Waals surface area (Å²) < 4.78 is 0. The molecule has 1 saturated carbocycles. The van der Waals surface area contributed by atoms with Crippen LogP contribution in [0.1, 0.15) is 31.2 Å². The van der Waals surface area contributed by atoms with Gasteiger partial charge in [-0.05, 0) is 62.1 Å². The van der Waals surface area contributed by atoms with E-state index in [1.807, 2.05) is 0 Å². The summed E-state index contributed by atoms with van der Waals surface area (Å²) >= 11 is 0.